The number of anilines is 1. The third-order valence-corrected chi connectivity index (χ3v) is 3.34. The van der Waals surface area contributed by atoms with Crippen molar-refractivity contribution < 1.29 is 9.90 Å². The summed E-state index contributed by atoms with van der Waals surface area (Å²) in [5, 5.41) is 15.8. The van der Waals surface area contributed by atoms with Gasteiger partial charge in [-0.15, -0.1) is 0 Å². The second kappa shape index (κ2) is 4.55. The number of aliphatic carboxylic acids is 1. The zero-order valence-corrected chi connectivity index (χ0v) is 9.15. The van der Waals surface area contributed by atoms with Crippen LogP contribution in [0.2, 0.25) is 0 Å². The number of carbonyl (C=O) groups is 1. The van der Waals surface area contributed by atoms with Crippen LogP contribution < -0.4 is 5.73 Å². The topological polar surface area (TPSA) is 92.0 Å². The van der Waals surface area contributed by atoms with Crippen LogP contribution in [0.3, 0.4) is 0 Å². The summed E-state index contributed by atoms with van der Waals surface area (Å²) in [6.45, 7) is 0. The van der Waals surface area contributed by atoms with Gasteiger partial charge in [0.05, 0.1) is 5.69 Å². The van der Waals surface area contributed by atoms with E-state index in [9.17, 15) is 9.90 Å². The van der Waals surface area contributed by atoms with Crippen LogP contribution in [0.15, 0.2) is 6.07 Å². The summed E-state index contributed by atoms with van der Waals surface area (Å²) in [5.41, 5.74) is 6.15. The largest absolute Gasteiger partial charge is 0.481 e. The normalized spacial score (nSPS) is 19.5. The van der Waals surface area contributed by atoms with Gasteiger partial charge >= 0.3 is 5.97 Å². The minimum atomic E-state index is -0.782. The van der Waals surface area contributed by atoms with E-state index in [2.05, 4.69) is 10.2 Å². The lowest BCUT2D eigenvalue weighted by atomic mass is 9.78. The molecule has 2 rings (SSSR count). The van der Waals surface area contributed by atoms with Gasteiger partial charge in [0.2, 0.25) is 0 Å². The van der Waals surface area contributed by atoms with E-state index in [-0.39, 0.29) is 5.92 Å². The van der Waals surface area contributed by atoms with E-state index in [1.54, 1.807) is 6.07 Å². The summed E-state index contributed by atoms with van der Waals surface area (Å²) in [6.07, 6.45) is 5.43. The number of carboxylic acids is 1. The van der Waals surface area contributed by atoms with Gasteiger partial charge < -0.3 is 10.8 Å². The smallest absolute Gasteiger partial charge is 0.312 e. The highest BCUT2D eigenvalue weighted by atomic mass is 16.4. The van der Waals surface area contributed by atoms with Crippen molar-refractivity contribution in [1.29, 1.82) is 0 Å². The number of carboxylic acid groups (broad SMARTS) is 1. The monoisotopic (exact) mass is 223 g/mol. The first kappa shape index (κ1) is 11.0. The number of aromatic amines is 1. The zero-order valence-electron chi connectivity index (χ0n) is 9.15. The Hall–Kier alpha value is -1.52. The van der Waals surface area contributed by atoms with Crippen molar-refractivity contribution >= 4 is 11.8 Å². The fourth-order valence-electron chi connectivity index (χ4n) is 2.57. The molecule has 1 saturated carbocycles. The molecule has 1 fully saturated rings. The summed E-state index contributed by atoms with van der Waals surface area (Å²) < 4.78 is 0. The third-order valence-electron chi connectivity index (χ3n) is 3.34. The number of hydrogen-bond donors (Lipinski definition) is 3. The molecule has 0 radical (unpaired) electrons. The molecule has 0 saturated heterocycles. The highest BCUT2D eigenvalue weighted by Gasteiger charge is 2.32. The van der Waals surface area contributed by atoms with Crippen LogP contribution in [0, 0.1) is 5.92 Å². The van der Waals surface area contributed by atoms with Gasteiger partial charge in [0.15, 0.2) is 0 Å². The summed E-state index contributed by atoms with van der Waals surface area (Å²) in [6, 6.07) is 1.63. The number of aromatic nitrogens is 2. The van der Waals surface area contributed by atoms with E-state index in [0.717, 1.165) is 25.7 Å². The Morgan fingerprint density at radius 3 is 2.69 bits per heavy atom. The molecule has 1 aromatic heterocycles. The molecule has 0 aliphatic heterocycles. The van der Waals surface area contributed by atoms with Gasteiger partial charge in [0, 0.05) is 6.07 Å². The predicted octanol–water partition coefficient (Wildman–Crippen LogP) is 1.74. The van der Waals surface area contributed by atoms with Crippen molar-refractivity contribution in [1.82, 2.24) is 10.2 Å². The number of rotatable bonds is 3. The van der Waals surface area contributed by atoms with E-state index in [1.165, 1.54) is 6.42 Å². The Balaban J connectivity index is 2.19. The lowest BCUT2D eigenvalue weighted by molar-refractivity contribution is -0.140. The molecule has 5 heteroatoms. The molecule has 1 unspecified atom stereocenters. The summed E-state index contributed by atoms with van der Waals surface area (Å²) in [4.78, 5) is 11.3. The van der Waals surface area contributed by atoms with Crippen molar-refractivity contribution in [3.05, 3.63) is 11.8 Å². The maximum atomic E-state index is 11.3. The molecular weight excluding hydrogens is 206 g/mol. The van der Waals surface area contributed by atoms with Gasteiger partial charge in [-0.25, -0.2) is 0 Å². The maximum absolute atomic E-state index is 11.3. The van der Waals surface area contributed by atoms with Crippen LogP contribution in [-0.2, 0) is 4.79 Å². The lowest BCUT2D eigenvalue weighted by Gasteiger charge is -2.26. The van der Waals surface area contributed by atoms with Crippen LogP contribution in [0.25, 0.3) is 0 Å². The van der Waals surface area contributed by atoms with Gasteiger partial charge in [-0.3, -0.25) is 9.89 Å². The third kappa shape index (κ3) is 2.18. The van der Waals surface area contributed by atoms with E-state index in [4.69, 9.17) is 5.73 Å². The minimum absolute atomic E-state index is 0.214. The molecule has 1 aromatic rings. The Bertz CT molecular complexity index is 369. The Kier molecular flexibility index (Phi) is 3.12. The number of nitrogens with zero attached hydrogens (tertiary/aromatic N) is 1. The van der Waals surface area contributed by atoms with Crippen LogP contribution in [-0.4, -0.2) is 21.3 Å². The first-order valence-electron chi connectivity index (χ1n) is 5.72. The SMILES string of the molecule is Nc1cc(C(C(=O)O)C2CCCCC2)[nH]n1. The standard InChI is InChI=1S/C11H17N3O2/c12-9-6-8(13-14-9)10(11(15)16)7-4-2-1-3-5-7/h6-7,10H,1-5H2,(H,15,16)(H3,12,13,14). The molecule has 1 atom stereocenters. The molecule has 5 nitrogen and oxygen atoms in total. The van der Waals surface area contributed by atoms with Crippen molar-refractivity contribution in [2.75, 3.05) is 5.73 Å². The molecule has 0 amide bonds. The fourth-order valence-corrected chi connectivity index (χ4v) is 2.57. The van der Waals surface area contributed by atoms with E-state index in [0.29, 0.717) is 11.5 Å². The summed E-state index contributed by atoms with van der Waals surface area (Å²) in [7, 11) is 0. The number of H-pyrrole nitrogens is 1. The van der Waals surface area contributed by atoms with Crippen LogP contribution in [0.4, 0.5) is 5.82 Å². The lowest BCUT2D eigenvalue weighted by Crippen LogP contribution is -2.24. The average molecular weight is 223 g/mol. The van der Waals surface area contributed by atoms with Gasteiger partial charge in [-0.2, -0.15) is 5.10 Å². The first-order valence-corrected chi connectivity index (χ1v) is 5.72. The number of nitrogen functional groups attached to an aromatic ring is 1. The Labute approximate surface area is 94.0 Å². The number of hydrogen-bond acceptors (Lipinski definition) is 3. The van der Waals surface area contributed by atoms with Crippen molar-refractivity contribution in [2.24, 2.45) is 5.92 Å². The molecular formula is C11H17N3O2. The summed E-state index contributed by atoms with van der Waals surface area (Å²) in [5.74, 6) is -0.691. The average Bonchev–Trinajstić information content (AvgIpc) is 2.66. The fraction of sp³-hybridized carbons (Fsp3) is 0.636. The molecule has 0 bridgehead atoms. The van der Waals surface area contributed by atoms with Crippen molar-refractivity contribution in [2.45, 2.75) is 38.0 Å². The van der Waals surface area contributed by atoms with Crippen LogP contribution in [0.5, 0.6) is 0 Å². The Morgan fingerprint density at radius 1 is 1.50 bits per heavy atom. The number of nitrogens with one attached hydrogen (secondary N) is 1. The van der Waals surface area contributed by atoms with Gasteiger partial charge in [-0.1, -0.05) is 19.3 Å². The van der Waals surface area contributed by atoms with Gasteiger partial charge in [0.1, 0.15) is 11.7 Å². The molecule has 0 spiro atoms. The molecule has 1 aliphatic rings. The van der Waals surface area contributed by atoms with Crippen LogP contribution >= 0.6 is 0 Å². The molecule has 4 N–H and O–H groups in total. The molecule has 0 aromatic carbocycles. The van der Waals surface area contributed by atoms with Gasteiger partial charge in [0.25, 0.3) is 0 Å². The second-order valence-corrected chi connectivity index (χ2v) is 4.46. The molecule has 16 heavy (non-hydrogen) atoms. The van der Waals surface area contributed by atoms with E-state index < -0.39 is 11.9 Å². The minimum Gasteiger partial charge on any atom is -0.481 e. The quantitative estimate of drug-likeness (QED) is 0.727. The van der Waals surface area contributed by atoms with E-state index in [1.807, 2.05) is 0 Å². The molecule has 1 aliphatic carbocycles. The summed E-state index contributed by atoms with van der Waals surface area (Å²) >= 11 is 0. The van der Waals surface area contributed by atoms with Crippen molar-refractivity contribution in [3.63, 3.8) is 0 Å². The van der Waals surface area contributed by atoms with Crippen molar-refractivity contribution in [3.8, 4) is 0 Å². The van der Waals surface area contributed by atoms with Gasteiger partial charge in [-0.05, 0) is 18.8 Å². The number of nitrogens with two attached hydrogens (primary N) is 1. The molecule has 88 valence electrons. The highest BCUT2D eigenvalue weighted by molar-refractivity contribution is 5.76. The first-order chi connectivity index (χ1) is 7.68. The zero-order chi connectivity index (χ0) is 11.5. The van der Waals surface area contributed by atoms with E-state index >= 15 is 0 Å². The molecule has 1 heterocycles. The predicted molar refractivity (Wildman–Crippen MR) is 60.0 cm³/mol. The highest BCUT2D eigenvalue weighted by Crippen LogP contribution is 2.35. The van der Waals surface area contributed by atoms with Crippen LogP contribution in [0.1, 0.15) is 43.7 Å². The maximum Gasteiger partial charge on any atom is 0.312 e. The Morgan fingerprint density at radius 2 is 2.19 bits per heavy atom. The second-order valence-electron chi connectivity index (χ2n) is 4.46.